The van der Waals surface area contributed by atoms with Crippen LogP contribution in [0, 0.1) is 0 Å². The highest BCUT2D eigenvalue weighted by Gasteiger charge is 2.22. The average Bonchev–Trinajstić information content (AvgIpc) is 2.52. The molecule has 0 saturated heterocycles. The fourth-order valence-corrected chi connectivity index (χ4v) is 2.60. The van der Waals surface area contributed by atoms with Gasteiger partial charge < -0.3 is 19.9 Å². The summed E-state index contributed by atoms with van der Waals surface area (Å²) < 4.78 is 11.3. The molecule has 0 fully saturated rings. The summed E-state index contributed by atoms with van der Waals surface area (Å²) >= 11 is 3.34. The number of carboxylic acid groups (broad SMARTS) is 1. The lowest BCUT2D eigenvalue weighted by atomic mass is 10.1. The zero-order chi connectivity index (χ0) is 17.4. The number of methoxy groups -OCH3 is 1. The molecule has 0 aromatic heterocycles. The van der Waals surface area contributed by atoms with E-state index in [1.807, 2.05) is 13.8 Å². The van der Waals surface area contributed by atoms with Crippen molar-refractivity contribution in [2.24, 2.45) is 0 Å². The highest BCUT2D eigenvalue weighted by molar-refractivity contribution is 9.10. The van der Waals surface area contributed by atoms with Crippen LogP contribution in [0.25, 0.3) is 0 Å². The first kappa shape index (κ1) is 19.3. The molecule has 0 saturated carbocycles. The summed E-state index contributed by atoms with van der Waals surface area (Å²) in [5.41, 5.74) is 0.305. The number of carboxylic acids is 1. The summed E-state index contributed by atoms with van der Waals surface area (Å²) in [6.45, 7) is 4.27. The molecule has 0 aliphatic carbocycles. The van der Waals surface area contributed by atoms with Gasteiger partial charge in [-0.05, 0) is 41.4 Å². The lowest BCUT2D eigenvalue weighted by Gasteiger charge is -2.16. The number of rotatable bonds is 9. The fraction of sp³-hybridized carbons (Fsp3) is 0.500. The van der Waals surface area contributed by atoms with Crippen LogP contribution in [0.15, 0.2) is 16.6 Å². The molecular formula is C16H22BrNO5. The summed E-state index contributed by atoms with van der Waals surface area (Å²) in [6.07, 6.45) is 1.99. The minimum atomic E-state index is -1.04. The van der Waals surface area contributed by atoms with Gasteiger partial charge in [-0.3, -0.25) is 4.79 Å². The summed E-state index contributed by atoms with van der Waals surface area (Å²) in [4.78, 5) is 23.6. The first-order valence-electron chi connectivity index (χ1n) is 7.48. The molecule has 2 N–H and O–H groups in total. The lowest BCUT2D eigenvalue weighted by molar-refractivity contribution is -0.139. The van der Waals surface area contributed by atoms with E-state index in [4.69, 9.17) is 9.47 Å². The van der Waals surface area contributed by atoms with Crippen molar-refractivity contribution in [3.05, 3.63) is 22.2 Å². The number of ether oxygens (including phenoxy) is 2. The maximum Gasteiger partial charge on any atom is 0.326 e. The Morgan fingerprint density at radius 3 is 2.57 bits per heavy atom. The van der Waals surface area contributed by atoms with Crippen molar-refractivity contribution in [2.75, 3.05) is 13.7 Å². The molecule has 0 heterocycles. The third kappa shape index (κ3) is 5.42. The van der Waals surface area contributed by atoms with Crippen molar-refractivity contribution in [1.82, 2.24) is 5.32 Å². The number of amides is 1. The molecule has 0 radical (unpaired) electrons. The van der Waals surface area contributed by atoms with Gasteiger partial charge in [-0.1, -0.05) is 19.8 Å². The zero-order valence-corrected chi connectivity index (χ0v) is 15.1. The standard InChI is InChI=1S/C16H22BrNO5/c1-4-6-7-12(16(20)21)18-15(19)10-8-11(17)14(23-5-2)13(9-10)22-3/h8-9,12H,4-7H2,1-3H3,(H,18,19)(H,20,21). The van der Waals surface area contributed by atoms with Gasteiger partial charge in [0.1, 0.15) is 6.04 Å². The van der Waals surface area contributed by atoms with Crippen molar-refractivity contribution < 1.29 is 24.2 Å². The highest BCUT2D eigenvalue weighted by Crippen LogP contribution is 2.36. The summed E-state index contributed by atoms with van der Waals surface area (Å²) in [7, 11) is 1.48. The molecule has 1 atom stereocenters. The van der Waals surface area contributed by atoms with Crippen molar-refractivity contribution in [3.8, 4) is 11.5 Å². The van der Waals surface area contributed by atoms with Crippen LogP contribution in [0.3, 0.4) is 0 Å². The summed E-state index contributed by atoms with van der Waals surface area (Å²) in [5, 5.41) is 11.7. The van der Waals surface area contributed by atoms with Crippen LogP contribution in [-0.2, 0) is 4.79 Å². The predicted octanol–water partition coefficient (Wildman–Crippen LogP) is 3.23. The second-order valence-electron chi connectivity index (χ2n) is 4.93. The number of halogens is 1. The Kier molecular flexibility index (Phi) is 7.88. The van der Waals surface area contributed by atoms with Crippen molar-refractivity contribution >= 4 is 27.8 Å². The molecule has 1 rings (SSSR count). The van der Waals surface area contributed by atoms with Crippen molar-refractivity contribution in [3.63, 3.8) is 0 Å². The van der Waals surface area contributed by atoms with Crippen LogP contribution in [-0.4, -0.2) is 36.7 Å². The minimum absolute atomic E-state index is 0.305. The van der Waals surface area contributed by atoms with Crippen LogP contribution in [0.2, 0.25) is 0 Å². The van der Waals surface area contributed by atoms with Crippen LogP contribution in [0.5, 0.6) is 11.5 Å². The molecule has 0 aliphatic rings. The highest BCUT2D eigenvalue weighted by atomic mass is 79.9. The van der Waals surface area contributed by atoms with Gasteiger partial charge in [0.15, 0.2) is 11.5 Å². The number of unbranched alkanes of at least 4 members (excludes halogenated alkanes) is 1. The number of carbonyl (C=O) groups is 2. The Balaban J connectivity index is 2.98. The van der Waals surface area contributed by atoms with Crippen LogP contribution >= 0.6 is 15.9 Å². The largest absolute Gasteiger partial charge is 0.493 e. The third-order valence-corrected chi connectivity index (χ3v) is 3.82. The molecular weight excluding hydrogens is 366 g/mol. The van der Waals surface area contributed by atoms with E-state index in [9.17, 15) is 14.7 Å². The summed E-state index contributed by atoms with van der Waals surface area (Å²) in [6, 6.07) is 2.21. The number of benzene rings is 1. The van der Waals surface area contributed by atoms with Crippen LogP contribution < -0.4 is 14.8 Å². The third-order valence-electron chi connectivity index (χ3n) is 3.23. The first-order chi connectivity index (χ1) is 10.9. The Hall–Kier alpha value is -1.76. The van der Waals surface area contributed by atoms with E-state index in [0.29, 0.717) is 34.6 Å². The van der Waals surface area contributed by atoms with Gasteiger partial charge in [-0.2, -0.15) is 0 Å². The van der Waals surface area contributed by atoms with E-state index in [0.717, 1.165) is 12.8 Å². The number of nitrogens with one attached hydrogen (secondary N) is 1. The van der Waals surface area contributed by atoms with Gasteiger partial charge in [-0.25, -0.2) is 4.79 Å². The Labute approximate surface area is 144 Å². The van der Waals surface area contributed by atoms with E-state index in [-0.39, 0.29) is 0 Å². The maximum absolute atomic E-state index is 12.3. The van der Waals surface area contributed by atoms with Gasteiger partial charge in [0.05, 0.1) is 18.2 Å². The van der Waals surface area contributed by atoms with E-state index >= 15 is 0 Å². The summed E-state index contributed by atoms with van der Waals surface area (Å²) in [5.74, 6) is -0.585. The monoisotopic (exact) mass is 387 g/mol. The van der Waals surface area contributed by atoms with Crippen molar-refractivity contribution in [2.45, 2.75) is 39.2 Å². The lowest BCUT2D eigenvalue weighted by Crippen LogP contribution is -2.40. The van der Waals surface area contributed by atoms with Gasteiger partial charge in [-0.15, -0.1) is 0 Å². The average molecular weight is 388 g/mol. The Morgan fingerprint density at radius 2 is 2.04 bits per heavy atom. The fourth-order valence-electron chi connectivity index (χ4n) is 2.04. The van der Waals surface area contributed by atoms with Crippen LogP contribution in [0.1, 0.15) is 43.5 Å². The molecule has 0 spiro atoms. The Morgan fingerprint density at radius 1 is 1.35 bits per heavy atom. The molecule has 6 nitrogen and oxygen atoms in total. The SMILES string of the molecule is CCCCC(NC(=O)c1cc(Br)c(OCC)c(OC)c1)C(=O)O. The zero-order valence-electron chi connectivity index (χ0n) is 13.5. The molecule has 1 unspecified atom stereocenters. The van der Waals surface area contributed by atoms with Gasteiger partial charge >= 0.3 is 5.97 Å². The van der Waals surface area contributed by atoms with Crippen LogP contribution in [0.4, 0.5) is 0 Å². The normalized spacial score (nSPS) is 11.7. The molecule has 0 bridgehead atoms. The molecule has 0 aliphatic heterocycles. The number of aliphatic carboxylic acids is 1. The number of carbonyl (C=O) groups excluding carboxylic acids is 1. The maximum atomic E-state index is 12.3. The van der Waals surface area contributed by atoms with E-state index in [1.54, 1.807) is 6.07 Å². The van der Waals surface area contributed by atoms with Gasteiger partial charge in [0.25, 0.3) is 5.91 Å². The van der Waals surface area contributed by atoms with E-state index in [2.05, 4.69) is 21.2 Å². The first-order valence-corrected chi connectivity index (χ1v) is 8.27. The molecule has 1 aromatic carbocycles. The van der Waals surface area contributed by atoms with Gasteiger partial charge in [0, 0.05) is 5.56 Å². The number of hydrogen-bond donors (Lipinski definition) is 2. The molecule has 1 aromatic rings. The quantitative estimate of drug-likeness (QED) is 0.679. The minimum Gasteiger partial charge on any atom is -0.493 e. The molecule has 7 heteroatoms. The van der Waals surface area contributed by atoms with E-state index < -0.39 is 17.9 Å². The molecule has 23 heavy (non-hydrogen) atoms. The smallest absolute Gasteiger partial charge is 0.326 e. The van der Waals surface area contributed by atoms with Crippen molar-refractivity contribution in [1.29, 1.82) is 0 Å². The predicted molar refractivity (Wildman–Crippen MR) is 90.3 cm³/mol. The number of hydrogen-bond acceptors (Lipinski definition) is 4. The second kappa shape index (κ2) is 9.39. The topological polar surface area (TPSA) is 84.9 Å². The molecule has 128 valence electrons. The Bertz CT molecular complexity index is 562. The van der Waals surface area contributed by atoms with E-state index in [1.165, 1.54) is 13.2 Å². The van der Waals surface area contributed by atoms with Gasteiger partial charge in [0.2, 0.25) is 0 Å². The second-order valence-corrected chi connectivity index (χ2v) is 5.78. The molecule has 1 amide bonds.